The first-order valence-electron chi connectivity index (χ1n) is 9.43. The fourth-order valence-electron chi connectivity index (χ4n) is 3.23. The van der Waals surface area contributed by atoms with Crippen LogP contribution in [0.3, 0.4) is 0 Å². The van der Waals surface area contributed by atoms with E-state index in [0.29, 0.717) is 12.2 Å². The van der Waals surface area contributed by atoms with Crippen LogP contribution in [0, 0.1) is 0 Å². The summed E-state index contributed by atoms with van der Waals surface area (Å²) in [5, 5.41) is 19.1. The lowest BCUT2D eigenvalue weighted by Crippen LogP contribution is -2.14. The van der Waals surface area contributed by atoms with Crippen molar-refractivity contribution in [2.45, 2.75) is 19.2 Å². The molecule has 0 aliphatic rings. The summed E-state index contributed by atoms with van der Waals surface area (Å²) in [6, 6.07) is 29.9. The molecule has 0 amide bonds. The molecular formula is C24H23N3O. The van der Waals surface area contributed by atoms with Gasteiger partial charge in [0.2, 0.25) is 0 Å². The molecule has 2 N–H and O–H groups in total. The van der Waals surface area contributed by atoms with Gasteiger partial charge >= 0.3 is 0 Å². The van der Waals surface area contributed by atoms with E-state index < -0.39 is 6.10 Å². The second-order valence-corrected chi connectivity index (χ2v) is 6.72. The van der Waals surface area contributed by atoms with Gasteiger partial charge in [0.15, 0.2) is 0 Å². The Bertz CT molecular complexity index is 998. The third-order valence-electron chi connectivity index (χ3n) is 4.71. The summed E-state index contributed by atoms with van der Waals surface area (Å²) in [5.74, 6) is 0. The highest BCUT2D eigenvalue weighted by Crippen LogP contribution is 2.25. The molecule has 0 saturated heterocycles. The quantitative estimate of drug-likeness (QED) is 0.512. The van der Waals surface area contributed by atoms with Crippen molar-refractivity contribution in [2.75, 3.05) is 0 Å². The molecule has 4 rings (SSSR count). The molecule has 4 aromatic rings. The first-order chi connectivity index (χ1) is 13.8. The second kappa shape index (κ2) is 8.65. The minimum atomic E-state index is -0.764. The number of hydrogen-bond acceptors (Lipinski definition) is 3. The molecule has 3 aromatic carbocycles. The molecule has 0 radical (unpaired) electrons. The molecule has 1 aromatic heterocycles. The summed E-state index contributed by atoms with van der Waals surface area (Å²) < 4.78 is 1.83. The SMILES string of the molecule is O[C@@H](c1ccccc1)c1nn(-c2ccccc2)cc1CNCc1ccccc1. The van der Waals surface area contributed by atoms with Crippen molar-refractivity contribution in [3.63, 3.8) is 0 Å². The molecular weight excluding hydrogens is 346 g/mol. The number of aromatic nitrogens is 2. The van der Waals surface area contributed by atoms with E-state index in [9.17, 15) is 5.11 Å². The lowest BCUT2D eigenvalue weighted by Gasteiger charge is -2.11. The van der Waals surface area contributed by atoms with E-state index >= 15 is 0 Å². The van der Waals surface area contributed by atoms with E-state index in [4.69, 9.17) is 5.10 Å². The first kappa shape index (κ1) is 18.2. The predicted molar refractivity (Wildman–Crippen MR) is 111 cm³/mol. The summed E-state index contributed by atoms with van der Waals surface area (Å²) in [6.07, 6.45) is 1.23. The lowest BCUT2D eigenvalue weighted by atomic mass is 10.0. The van der Waals surface area contributed by atoms with Gasteiger partial charge < -0.3 is 10.4 Å². The van der Waals surface area contributed by atoms with Crippen molar-refractivity contribution in [1.82, 2.24) is 15.1 Å². The standard InChI is InChI=1S/C24H23N3O/c28-24(20-12-6-2-7-13-20)23-21(17-25-16-19-10-4-1-5-11-19)18-27(26-23)22-14-8-3-9-15-22/h1-15,18,24-25,28H,16-17H2/t24-/m0/s1. The maximum Gasteiger partial charge on any atom is 0.123 e. The van der Waals surface area contributed by atoms with Crippen molar-refractivity contribution >= 4 is 0 Å². The van der Waals surface area contributed by atoms with E-state index in [0.717, 1.165) is 23.4 Å². The number of aliphatic hydroxyl groups is 1. The molecule has 4 heteroatoms. The van der Waals surface area contributed by atoms with Crippen molar-refractivity contribution in [2.24, 2.45) is 0 Å². The van der Waals surface area contributed by atoms with Gasteiger partial charge in [0.25, 0.3) is 0 Å². The van der Waals surface area contributed by atoms with Crippen LogP contribution in [0.25, 0.3) is 5.69 Å². The molecule has 0 fully saturated rings. The largest absolute Gasteiger partial charge is 0.382 e. The van der Waals surface area contributed by atoms with Gasteiger partial charge in [-0.15, -0.1) is 0 Å². The number of nitrogens with one attached hydrogen (secondary N) is 1. The molecule has 0 aliphatic carbocycles. The van der Waals surface area contributed by atoms with Gasteiger partial charge in [-0.05, 0) is 23.3 Å². The van der Waals surface area contributed by atoms with E-state index in [2.05, 4.69) is 17.4 Å². The fourth-order valence-corrected chi connectivity index (χ4v) is 3.23. The molecule has 0 aliphatic heterocycles. The molecule has 0 bridgehead atoms. The van der Waals surface area contributed by atoms with Crippen LogP contribution in [0.5, 0.6) is 0 Å². The molecule has 1 atom stereocenters. The average Bonchev–Trinajstić information content (AvgIpc) is 3.19. The summed E-state index contributed by atoms with van der Waals surface area (Å²) in [5.41, 5.74) is 4.69. The number of para-hydroxylation sites is 1. The molecule has 0 saturated carbocycles. The van der Waals surface area contributed by atoms with E-state index in [1.807, 2.05) is 89.7 Å². The highest BCUT2D eigenvalue weighted by molar-refractivity contribution is 5.36. The zero-order valence-corrected chi connectivity index (χ0v) is 15.6. The Kier molecular flexibility index (Phi) is 5.61. The Labute approximate surface area is 165 Å². The smallest absolute Gasteiger partial charge is 0.123 e. The summed E-state index contributed by atoms with van der Waals surface area (Å²) >= 11 is 0. The van der Waals surface area contributed by atoms with Crippen molar-refractivity contribution in [1.29, 1.82) is 0 Å². The van der Waals surface area contributed by atoms with Crippen LogP contribution in [0.2, 0.25) is 0 Å². The number of benzene rings is 3. The summed E-state index contributed by atoms with van der Waals surface area (Å²) in [4.78, 5) is 0. The normalized spacial score (nSPS) is 12.0. The Morgan fingerprint density at radius 3 is 2.07 bits per heavy atom. The van der Waals surface area contributed by atoms with Gasteiger partial charge in [-0.25, -0.2) is 4.68 Å². The minimum absolute atomic E-state index is 0.626. The van der Waals surface area contributed by atoms with Gasteiger partial charge in [0.05, 0.1) is 5.69 Å². The minimum Gasteiger partial charge on any atom is -0.382 e. The average molecular weight is 369 g/mol. The highest BCUT2D eigenvalue weighted by Gasteiger charge is 2.19. The van der Waals surface area contributed by atoms with E-state index in [1.54, 1.807) is 0 Å². The number of hydrogen-bond donors (Lipinski definition) is 2. The molecule has 4 nitrogen and oxygen atoms in total. The Hall–Kier alpha value is -3.21. The lowest BCUT2D eigenvalue weighted by molar-refractivity contribution is 0.213. The molecule has 140 valence electrons. The Morgan fingerprint density at radius 2 is 1.39 bits per heavy atom. The van der Waals surface area contributed by atoms with Crippen LogP contribution in [-0.4, -0.2) is 14.9 Å². The van der Waals surface area contributed by atoms with Crippen molar-refractivity contribution in [3.8, 4) is 5.69 Å². The maximum absolute atomic E-state index is 10.9. The van der Waals surface area contributed by atoms with Crippen LogP contribution in [-0.2, 0) is 13.1 Å². The Balaban J connectivity index is 1.60. The maximum atomic E-state index is 10.9. The van der Waals surface area contributed by atoms with Crippen LogP contribution in [0.15, 0.2) is 97.2 Å². The van der Waals surface area contributed by atoms with Crippen LogP contribution < -0.4 is 5.32 Å². The molecule has 1 heterocycles. The highest BCUT2D eigenvalue weighted by atomic mass is 16.3. The van der Waals surface area contributed by atoms with Crippen LogP contribution in [0.1, 0.15) is 28.5 Å². The van der Waals surface area contributed by atoms with Crippen molar-refractivity contribution in [3.05, 3.63) is 120 Å². The second-order valence-electron chi connectivity index (χ2n) is 6.72. The van der Waals surface area contributed by atoms with Gasteiger partial charge in [-0.2, -0.15) is 5.10 Å². The van der Waals surface area contributed by atoms with Gasteiger partial charge in [-0.1, -0.05) is 78.9 Å². The third kappa shape index (κ3) is 4.19. The zero-order valence-electron chi connectivity index (χ0n) is 15.6. The first-order valence-corrected chi connectivity index (χ1v) is 9.43. The predicted octanol–water partition coefficient (Wildman–Crippen LogP) is 4.24. The van der Waals surface area contributed by atoms with Crippen LogP contribution >= 0.6 is 0 Å². The van der Waals surface area contributed by atoms with E-state index in [-0.39, 0.29) is 0 Å². The van der Waals surface area contributed by atoms with E-state index in [1.165, 1.54) is 5.56 Å². The summed E-state index contributed by atoms with van der Waals surface area (Å²) in [7, 11) is 0. The monoisotopic (exact) mass is 369 g/mol. The van der Waals surface area contributed by atoms with Gasteiger partial charge in [0, 0.05) is 24.8 Å². The van der Waals surface area contributed by atoms with Gasteiger partial charge in [-0.3, -0.25) is 0 Å². The Morgan fingerprint density at radius 1 is 0.786 bits per heavy atom. The fraction of sp³-hybridized carbons (Fsp3) is 0.125. The third-order valence-corrected chi connectivity index (χ3v) is 4.71. The van der Waals surface area contributed by atoms with Crippen molar-refractivity contribution < 1.29 is 5.11 Å². The molecule has 28 heavy (non-hydrogen) atoms. The zero-order chi connectivity index (χ0) is 19.2. The molecule has 0 unspecified atom stereocenters. The van der Waals surface area contributed by atoms with Gasteiger partial charge in [0.1, 0.15) is 11.8 Å². The number of rotatable bonds is 7. The number of aliphatic hydroxyl groups excluding tert-OH is 1. The number of nitrogens with zero attached hydrogens (tertiary/aromatic N) is 2. The summed E-state index contributed by atoms with van der Waals surface area (Å²) in [6.45, 7) is 1.39. The van der Waals surface area contributed by atoms with Crippen LogP contribution in [0.4, 0.5) is 0 Å². The molecule has 0 spiro atoms. The topological polar surface area (TPSA) is 50.1 Å².